The molecule has 0 aromatic heterocycles. The summed E-state index contributed by atoms with van der Waals surface area (Å²) in [5.41, 5.74) is 0. The van der Waals surface area contributed by atoms with Crippen LogP contribution in [0.3, 0.4) is 0 Å². The van der Waals surface area contributed by atoms with Crippen molar-refractivity contribution in [2.75, 3.05) is 33.7 Å². The van der Waals surface area contributed by atoms with Crippen molar-refractivity contribution in [2.24, 2.45) is 5.92 Å². The van der Waals surface area contributed by atoms with Gasteiger partial charge in [-0.25, -0.2) is 3.11 Å². The van der Waals surface area contributed by atoms with E-state index in [1.165, 1.54) is 32.5 Å². The lowest BCUT2D eigenvalue weighted by Gasteiger charge is -2.29. The zero-order valence-corrected chi connectivity index (χ0v) is 9.54. The van der Waals surface area contributed by atoms with Gasteiger partial charge in [-0.05, 0) is 32.9 Å². The summed E-state index contributed by atoms with van der Waals surface area (Å²) in [6, 6.07) is 0. The number of piperidine rings is 1. The van der Waals surface area contributed by atoms with Gasteiger partial charge in [-0.3, -0.25) is 0 Å². The Morgan fingerprint density at radius 2 is 2.27 bits per heavy atom. The molecule has 1 fully saturated rings. The quantitative estimate of drug-likeness (QED) is 0.554. The fourth-order valence-electron chi connectivity index (χ4n) is 1.68. The summed E-state index contributed by atoms with van der Waals surface area (Å²) in [4.78, 5) is 2.29. The van der Waals surface area contributed by atoms with Gasteiger partial charge in [0.2, 0.25) is 0 Å². The van der Waals surface area contributed by atoms with Crippen molar-refractivity contribution in [3.8, 4) is 0 Å². The van der Waals surface area contributed by atoms with Crippen LogP contribution in [-0.4, -0.2) is 41.7 Å². The second-order valence-corrected chi connectivity index (χ2v) is 5.00. The summed E-state index contributed by atoms with van der Waals surface area (Å²) in [6.07, 6.45) is 2.79. The molecule has 0 aliphatic carbocycles. The maximum atomic E-state index is 2.43. The maximum absolute atomic E-state index is 2.43. The lowest BCUT2D eigenvalue weighted by Crippen LogP contribution is -2.34. The van der Waals surface area contributed by atoms with Crippen LogP contribution >= 0.6 is 22.9 Å². The van der Waals surface area contributed by atoms with Crippen molar-refractivity contribution in [3.63, 3.8) is 0 Å². The third-order valence-electron chi connectivity index (χ3n) is 2.09. The highest BCUT2D eigenvalue weighted by atomic mass is 127. The third-order valence-corrected chi connectivity index (χ3v) is 2.97. The largest absolute Gasteiger partial charge is 0.309 e. The van der Waals surface area contributed by atoms with Gasteiger partial charge in [0.05, 0.1) is 0 Å². The van der Waals surface area contributed by atoms with Gasteiger partial charge in [0.25, 0.3) is 0 Å². The van der Waals surface area contributed by atoms with Gasteiger partial charge in [-0.2, -0.15) is 0 Å². The molecule has 1 aliphatic rings. The van der Waals surface area contributed by atoms with Gasteiger partial charge in [-0.1, -0.05) is 0 Å². The Morgan fingerprint density at radius 3 is 2.82 bits per heavy atom. The minimum absolute atomic E-state index is 0.899. The van der Waals surface area contributed by atoms with Crippen molar-refractivity contribution in [1.82, 2.24) is 8.01 Å². The summed E-state index contributed by atoms with van der Waals surface area (Å²) in [5, 5.41) is 0. The first-order valence-corrected chi connectivity index (χ1v) is 5.20. The van der Waals surface area contributed by atoms with E-state index in [1.807, 2.05) is 0 Å². The van der Waals surface area contributed by atoms with E-state index in [0.29, 0.717) is 0 Å². The van der Waals surface area contributed by atoms with Crippen LogP contribution in [0.1, 0.15) is 12.8 Å². The molecule has 2 nitrogen and oxygen atoms in total. The lowest BCUT2D eigenvalue weighted by atomic mass is 9.99. The zero-order valence-electron chi connectivity index (χ0n) is 7.39. The van der Waals surface area contributed by atoms with Gasteiger partial charge in [-0.15, -0.1) is 0 Å². The molecule has 11 heavy (non-hydrogen) atoms. The smallest absolute Gasteiger partial charge is 0.0201 e. The number of rotatable bonds is 2. The predicted octanol–water partition coefficient (Wildman–Crippen LogP) is 1.61. The van der Waals surface area contributed by atoms with Crippen LogP contribution in [0.5, 0.6) is 0 Å². The Morgan fingerprint density at radius 1 is 1.55 bits per heavy atom. The minimum atomic E-state index is 0.899. The summed E-state index contributed by atoms with van der Waals surface area (Å²) in [5.74, 6) is 0.899. The molecule has 3 heteroatoms. The minimum Gasteiger partial charge on any atom is -0.309 e. The number of nitrogens with zero attached hydrogens (tertiary/aromatic N) is 2. The summed E-state index contributed by atoms with van der Waals surface area (Å²) >= 11 is 2.43. The molecule has 1 heterocycles. The van der Waals surface area contributed by atoms with E-state index in [-0.39, 0.29) is 0 Å². The molecule has 1 aliphatic heterocycles. The summed E-state index contributed by atoms with van der Waals surface area (Å²) in [6.45, 7) is 3.81. The zero-order chi connectivity index (χ0) is 8.27. The van der Waals surface area contributed by atoms with Crippen LogP contribution in [0, 0.1) is 5.92 Å². The lowest BCUT2D eigenvalue weighted by molar-refractivity contribution is 0.239. The monoisotopic (exact) mass is 268 g/mol. The van der Waals surface area contributed by atoms with Crippen LogP contribution in [0.4, 0.5) is 0 Å². The van der Waals surface area contributed by atoms with Crippen LogP contribution in [-0.2, 0) is 0 Å². The Labute approximate surface area is 83.4 Å². The highest BCUT2D eigenvalue weighted by molar-refractivity contribution is 14.1. The van der Waals surface area contributed by atoms with E-state index in [4.69, 9.17) is 0 Å². The molecule has 0 aromatic carbocycles. The molecule has 1 atom stereocenters. The molecular formula is C8H17IN2. The van der Waals surface area contributed by atoms with E-state index in [9.17, 15) is 0 Å². The molecule has 0 N–H and O–H groups in total. The Kier molecular flexibility index (Phi) is 4.09. The first-order valence-electron chi connectivity index (χ1n) is 4.24. The molecule has 1 rings (SSSR count). The first-order chi connectivity index (χ1) is 5.18. The first kappa shape index (κ1) is 9.74. The summed E-state index contributed by atoms with van der Waals surface area (Å²) in [7, 11) is 4.32. The van der Waals surface area contributed by atoms with Gasteiger partial charge in [0.1, 0.15) is 0 Å². The molecule has 0 amide bonds. The van der Waals surface area contributed by atoms with Crippen molar-refractivity contribution >= 4 is 22.9 Å². The maximum Gasteiger partial charge on any atom is 0.0201 e. The molecular weight excluding hydrogens is 251 g/mol. The van der Waals surface area contributed by atoms with Crippen molar-refractivity contribution in [2.45, 2.75) is 12.8 Å². The fraction of sp³-hybridized carbons (Fsp3) is 1.00. The van der Waals surface area contributed by atoms with Crippen LogP contribution in [0.15, 0.2) is 0 Å². The standard InChI is InChI=1S/C8H17IN2/c1-10(2)6-8-4-3-5-11(9)7-8/h8H,3-7H2,1-2H3/t8-/m1/s1. The highest BCUT2D eigenvalue weighted by Gasteiger charge is 2.17. The average Bonchev–Trinajstić information content (AvgIpc) is 1.85. The van der Waals surface area contributed by atoms with Crippen molar-refractivity contribution in [1.29, 1.82) is 0 Å². The highest BCUT2D eigenvalue weighted by Crippen LogP contribution is 2.19. The van der Waals surface area contributed by atoms with Gasteiger partial charge >= 0.3 is 0 Å². The van der Waals surface area contributed by atoms with Crippen LogP contribution < -0.4 is 0 Å². The summed E-state index contributed by atoms with van der Waals surface area (Å²) < 4.78 is 2.41. The SMILES string of the molecule is CN(C)C[C@H]1CCCN(I)C1. The van der Waals surface area contributed by atoms with Crippen LogP contribution in [0.2, 0.25) is 0 Å². The molecule has 66 valence electrons. The molecule has 0 spiro atoms. The average molecular weight is 268 g/mol. The van der Waals surface area contributed by atoms with E-state index in [1.54, 1.807) is 0 Å². The Balaban J connectivity index is 2.23. The van der Waals surface area contributed by atoms with E-state index >= 15 is 0 Å². The molecule has 0 unspecified atom stereocenters. The predicted molar refractivity (Wildman–Crippen MR) is 56.9 cm³/mol. The second kappa shape index (κ2) is 4.62. The van der Waals surface area contributed by atoms with Gasteiger partial charge < -0.3 is 4.90 Å². The van der Waals surface area contributed by atoms with E-state index < -0.39 is 0 Å². The van der Waals surface area contributed by atoms with Crippen molar-refractivity contribution in [3.05, 3.63) is 0 Å². The van der Waals surface area contributed by atoms with Gasteiger partial charge in [0.15, 0.2) is 0 Å². The second-order valence-electron chi connectivity index (χ2n) is 3.64. The Hall–Kier alpha value is 0.650. The van der Waals surface area contributed by atoms with Crippen molar-refractivity contribution < 1.29 is 0 Å². The van der Waals surface area contributed by atoms with E-state index in [2.05, 4.69) is 45.0 Å². The number of hydrogen-bond donors (Lipinski definition) is 0. The molecule has 0 saturated carbocycles. The topological polar surface area (TPSA) is 6.48 Å². The molecule has 1 saturated heterocycles. The van der Waals surface area contributed by atoms with E-state index in [0.717, 1.165) is 5.92 Å². The molecule has 0 radical (unpaired) electrons. The third kappa shape index (κ3) is 3.71. The van der Waals surface area contributed by atoms with Crippen LogP contribution in [0.25, 0.3) is 0 Å². The fourth-order valence-corrected chi connectivity index (χ4v) is 2.58. The van der Waals surface area contributed by atoms with Gasteiger partial charge in [0, 0.05) is 42.5 Å². The molecule has 0 aromatic rings. The normalized spacial score (nSPS) is 27.8. The number of hydrogen-bond acceptors (Lipinski definition) is 2. The number of halogens is 1. The molecule has 0 bridgehead atoms. The Bertz CT molecular complexity index is 115.